The van der Waals surface area contributed by atoms with Crippen molar-refractivity contribution in [1.29, 1.82) is 0 Å². The molecule has 0 atom stereocenters. The molecule has 2 nitrogen and oxygen atoms in total. The molecule has 0 aliphatic carbocycles. The van der Waals surface area contributed by atoms with E-state index in [1.807, 2.05) is 0 Å². The predicted molar refractivity (Wildman–Crippen MR) is 19.1 cm³/mol. The van der Waals surface area contributed by atoms with E-state index in [9.17, 15) is 0 Å². The molecular weight excluding hydrogens is 131 g/mol. The Labute approximate surface area is 37.8 Å². The standard InChI is InChI=1S/C2H5AsO2/c1-2-5-3-4-1/h3H,1-2H2. The molecular formula is C2H5AsO2. The number of hydrogen-bond donors (Lipinski definition) is 0. The van der Waals surface area contributed by atoms with E-state index >= 15 is 0 Å². The minimum absolute atomic E-state index is 0.361. The van der Waals surface area contributed by atoms with Crippen LogP contribution in [0, 0.1) is 0 Å². The van der Waals surface area contributed by atoms with Crippen LogP contribution in [0.1, 0.15) is 0 Å². The number of hydrogen-bond acceptors (Lipinski definition) is 2. The van der Waals surface area contributed by atoms with Gasteiger partial charge in [-0.05, 0) is 0 Å². The summed E-state index contributed by atoms with van der Waals surface area (Å²) in [7, 11) is 0. The Hall–Kier alpha value is 0.478. The fraction of sp³-hybridized carbons (Fsp3) is 1.00. The molecule has 0 aromatic rings. The van der Waals surface area contributed by atoms with Crippen molar-refractivity contribution in [3.8, 4) is 0 Å². The summed E-state index contributed by atoms with van der Waals surface area (Å²) in [4.78, 5) is 0. The monoisotopic (exact) mass is 136 g/mol. The molecule has 1 aliphatic rings. The maximum absolute atomic E-state index is 4.85. The summed E-state index contributed by atoms with van der Waals surface area (Å²) in [5, 5.41) is 0. The second-order valence-electron chi connectivity index (χ2n) is 0.780. The molecule has 3 heteroatoms. The molecule has 1 fully saturated rings. The Morgan fingerprint density at radius 1 is 1.20 bits per heavy atom. The second-order valence-corrected chi connectivity index (χ2v) is 2.34. The molecule has 0 spiro atoms. The van der Waals surface area contributed by atoms with Gasteiger partial charge in [-0.1, -0.05) is 0 Å². The molecule has 5 heavy (non-hydrogen) atoms. The van der Waals surface area contributed by atoms with Gasteiger partial charge in [-0.3, -0.25) is 0 Å². The third-order valence-electron chi connectivity index (χ3n) is 0.405. The summed E-state index contributed by atoms with van der Waals surface area (Å²) in [5.74, 6) is 0. The first kappa shape index (κ1) is 3.66. The molecule has 0 saturated carbocycles. The Morgan fingerprint density at radius 2 is 1.80 bits per heavy atom. The Balaban J connectivity index is 2.08. The molecule has 1 rings (SSSR count). The van der Waals surface area contributed by atoms with Crippen LogP contribution >= 0.6 is 0 Å². The van der Waals surface area contributed by atoms with E-state index in [-0.39, 0.29) is 16.4 Å². The summed E-state index contributed by atoms with van der Waals surface area (Å²) in [6.45, 7) is 1.67. The molecule has 0 aromatic heterocycles. The van der Waals surface area contributed by atoms with Crippen molar-refractivity contribution in [2.45, 2.75) is 0 Å². The van der Waals surface area contributed by atoms with Crippen molar-refractivity contribution >= 4 is 16.4 Å². The van der Waals surface area contributed by atoms with Gasteiger partial charge in [0.1, 0.15) is 0 Å². The SMILES string of the molecule is C1CO[AsH]O1. The van der Waals surface area contributed by atoms with Crippen LogP contribution in [-0.2, 0) is 7.45 Å². The summed E-state index contributed by atoms with van der Waals surface area (Å²) >= 11 is -0.361. The molecule has 0 bridgehead atoms. The van der Waals surface area contributed by atoms with E-state index in [1.54, 1.807) is 0 Å². The van der Waals surface area contributed by atoms with Gasteiger partial charge in [0.2, 0.25) is 0 Å². The first-order valence-electron chi connectivity index (χ1n) is 1.49. The zero-order valence-electron chi connectivity index (χ0n) is 2.73. The van der Waals surface area contributed by atoms with Crippen LogP contribution in [0.4, 0.5) is 0 Å². The van der Waals surface area contributed by atoms with E-state index in [0.29, 0.717) is 0 Å². The van der Waals surface area contributed by atoms with Crippen LogP contribution < -0.4 is 0 Å². The van der Waals surface area contributed by atoms with Crippen molar-refractivity contribution in [3.63, 3.8) is 0 Å². The third-order valence-corrected chi connectivity index (χ3v) is 1.76. The van der Waals surface area contributed by atoms with Gasteiger partial charge >= 0.3 is 37.1 Å². The zero-order valence-corrected chi connectivity index (χ0v) is 4.83. The van der Waals surface area contributed by atoms with Gasteiger partial charge in [0.15, 0.2) is 0 Å². The maximum atomic E-state index is 4.85. The molecule has 1 heterocycles. The summed E-state index contributed by atoms with van der Waals surface area (Å²) in [5.41, 5.74) is 0. The van der Waals surface area contributed by atoms with Crippen molar-refractivity contribution in [1.82, 2.24) is 0 Å². The van der Waals surface area contributed by atoms with Crippen LogP contribution in [0.2, 0.25) is 0 Å². The van der Waals surface area contributed by atoms with E-state index in [0.717, 1.165) is 13.2 Å². The first-order valence-corrected chi connectivity index (χ1v) is 3.20. The average Bonchev–Trinajstić information content (AvgIpc) is 1.76. The van der Waals surface area contributed by atoms with Gasteiger partial charge in [-0.15, -0.1) is 0 Å². The van der Waals surface area contributed by atoms with Crippen LogP contribution in [0.25, 0.3) is 0 Å². The molecule has 0 N–H and O–H groups in total. The molecule has 0 amide bonds. The van der Waals surface area contributed by atoms with Gasteiger partial charge in [-0.25, -0.2) is 0 Å². The number of rotatable bonds is 0. The van der Waals surface area contributed by atoms with Crippen molar-refractivity contribution in [2.75, 3.05) is 13.2 Å². The Morgan fingerprint density at radius 3 is 2.00 bits per heavy atom. The fourth-order valence-electron chi connectivity index (χ4n) is 0.208. The molecule has 0 unspecified atom stereocenters. The van der Waals surface area contributed by atoms with Crippen molar-refractivity contribution in [2.24, 2.45) is 0 Å². The van der Waals surface area contributed by atoms with Gasteiger partial charge in [-0.2, -0.15) is 0 Å². The van der Waals surface area contributed by atoms with Gasteiger partial charge in [0, 0.05) is 0 Å². The Kier molecular flexibility index (Phi) is 1.32. The Bertz CT molecular complexity index is 19.2. The van der Waals surface area contributed by atoms with E-state index in [2.05, 4.69) is 0 Å². The van der Waals surface area contributed by atoms with Crippen LogP contribution in [0.5, 0.6) is 0 Å². The molecule has 1 saturated heterocycles. The van der Waals surface area contributed by atoms with E-state index in [4.69, 9.17) is 7.45 Å². The molecule has 30 valence electrons. The van der Waals surface area contributed by atoms with Crippen LogP contribution in [-0.4, -0.2) is 29.6 Å². The average molecular weight is 136 g/mol. The third kappa shape index (κ3) is 0.917. The zero-order chi connectivity index (χ0) is 3.54. The summed E-state index contributed by atoms with van der Waals surface area (Å²) in [6, 6.07) is 0. The van der Waals surface area contributed by atoms with E-state index < -0.39 is 0 Å². The normalized spacial score (nSPS) is 24.0. The van der Waals surface area contributed by atoms with Gasteiger partial charge in [0.25, 0.3) is 0 Å². The van der Waals surface area contributed by atoms with Crippen molar-refractivity contribution in [3.05, 3.63) is 0 Å². The fourth-order valence-corrected chi connectivity index (χ4v) is 1.08. The second kappa shape index (κ2) is 1.81. The van der Waals surface area contributed by atoms with Crippen molar-refractivity contribution < 1.29 is 7.45 Å². The van der Waals surface area contributed by atoms with Crippen LogP contribution in [0.15, 0.2) is 0 Å². The predicted octanol–water partition coefficient (Wildman–Crippen LogP) is -0.700. The van der Waals surface area contributed by atoms with Gasteiger partial charge in [0.05, 0.1) is 0 Å². The molecule has 0 aromatic carbocycles. The summed E-state index contributed by atoms with van der Waals surface area (Å²) in [6.07, 6.45) is 0. The van der Waals surface area contributed by atoms with Gasteiger partial charge < -0.3 is 0 Å². The van der Waals surface area contributed by atoms with Crippen LogP contribution in [0.3, 0.4) is 0 Å². The molecule has 1 aliphatic heterocycles. The van der Waals surface area contributed by atoms with E-state index in [1.165, 1.54) is 0 Å². The molecule has 0 radical (unpaired) electrons. The first-order chi connectivity index (χ1) is 2.50. The quantitative estimate of drug-likeness (QED) is 0.410. The minimum atomic E-state index is -0.361. The topological polar surface area (TPSA) is 18.5 Å². The summed E-state index contributed by atoms with van der Waals surface area (Å²) < 4.78 is 9.69.